The molecule has 4 heterocycles. The van der Waals surface area contributed by atoms with Crippen LogP contribution in [-0.2, 0) is 0 Å². The van der Waals surface area contributed by atoms with Crippen molar-refractivity contribution in [2.75, 3.05) is 18.0 Å². The Balaban J connectivity index is 1.41. The van der Waals surface area contributed by atoms with E-state index in [9.17, 15) is 0 Å². The normalized spacial score (nSPS) is 21.6. The topological polar surface area (TPSA) is 85.2 Å². The van der Waals surface area contributed by atoms with Gasteiger partial charge in [-0.2, -0.15) is 0 Å². The van der Waals surface area contributed by atoms with Crippen LogP contribution in [0.2, 0.25) is 5.02 Å². The summed E-state index contributed by atoms with van der Waals surface area (Å²) in [6, 6.07) is 2.24. The lowest BCUT2D eigenvalue weighted by Crippen LogP contribution is -2.47. The lowest BCUT2D eigenvalue weighted by atomic mass is 9.74. The molecular weight excluding hydrogens is 394 g/mol. The highest BCUT2D eigenvalue weighted by atomic mass is 35.5. The number of fused-ring (bicyclic) bond motifs is 1. The molecule has 2 fully saturated rings. The van der Waals surface area contributed by atoms with E-state index in [4.69, 9.17) is 22.3 Å². The van der Waals surface area contributed by atoms with Crippen LogP contribution in [0, 0.1) is 5.41 Å². The monoisotopic (exact) mass is 415 g/mol. The van der Waals surface area contributed by atoms with Gasteiger partial charge in [-0.15, -0.1) is 10.2 Å². The summed E-state index contributed by atoms with van der Waals surface area (Å²) >= 11 is 7.78. The van der Waals surface area contributed by atoms with Gasteiger partial charge in [0.15, 0.2) is 5.65 Å². The Bertz CT molecular complexity index is 999. The summed E-state index contributed by atoms with van der Waals surface area (Å²) in [5.41, 5.74) is 7.55. The van der Waals surface area contributed by atoms with Crippen LogP contribution in [0.3, 0.4) is 0 Å². The Morgan fingerprint density at radius 1 is 1.18 bits per heavy atom. The average molecular weight is 416 g/mol. The van der Waals surface area contributed by atoms with Gasteiger partial charge in [-0.1, -0.05) is 29.8 Å². The molecule has 1 aliphatic heterocycles. The summed E-state index contributed by atoms with van der Waals surface area (Å²) in [6.45, 7) is 1.94. The first-order valence-corrected chi connectivity index (χ1v) is 10.8. The fourth-order valence-electron chi connectivity index (χ4n) is 4.59. The van der Waals surface area contributed by atoms with Crippen LogP contribution in [0.5, 0.6) is 0 Å². The second-order valence-corrected chi connectivity index (χ2v) is 9.19. The number of piperidine rings is 1. The van der Waals surface area contributed by atoms with E-state index in [2.05, 4.69) is 20.1 Å². The number of halogens is 1. The van der Waals surface area contributed by atoms with Gasteiger partial charge in [-0.25, -0.2) is 9.38 Å². The predicted octanol–water partition coefficient (Wildman–Crippen LogP) is 3.42. The van der Waals surface area contributed by atoms with Gasteiger partial charge in [0.2, 0.25) is 5.95 Å². The smallest absolute Gasteiger partial charge is 0.212 e. The largest absolute Gasteiger partial charge is 0.342 e. The number of pyridine rings is 1. The summed E-state index contributed by atoms with van der Waals surface area (Å²) < 4.78 is 1.98. The van der Waals surface area contributed by atoms with Gasteiger partial charge < -0.3 is 10.6 Å². The zero-order valence-corrected chi connectivity index (χ0v) is 17.0. The van der Waals surface area contributed by atoms with E-state index in [1.807, 2.05) is 16.7 Å². The highest BCUT2D eigenvalue weighted by Crippen LogP contribution is 2.46. The van der Waals surface area contributed by atoms with Crippen molar-refractivity contribution >= 4 is 35.0 Å². The van der Waals surface area contributed by atoms with Crippen molar-refractivity contribution in [2.24, 2.45) is 11.1 Å². The summed E-state index contributed by atoms with van der Waals surface area (Å²) in [4.78, 5) is 13.0. The molecule has 9 heteroatoms. The van der Waals surface area contributed by atoms with Gasteiger partial charge in [0.05, 0.1) is 9.92 Å². The van der Waals surface area contributed by atoms with Crippen LogP contribution in [-0.4, -0.2) is 43.7 Å². The molecule has 1 saturated heterocycles. The number of rotatable bonds is 3. The molecule has 2 aliphatic rings. The first-order valence-electron chi connectivity index (χ1n) is 9.63. The molecule has 0 aromatic carbocycles. The number of aromatic nitrogens is 5. The highest BCUT2D eigenvalue weighted by molar-refractivity contribution is 7.99. The Labute approximate surface area is 172 Å². The van der Waals surface area contributed by atoms with Crippen LogP contribution < -0.4 is 10.6 Å². The van der Waals surface area contributed by atoms with Crippen molar-refractivity contribution < 1.29 is 0 Å². The zero-order valence-electron chi connectivity index (χ0n) is 15.5. The van der Waals surface area contributed by atoms with Gasteiger partial charge >= 0.3 is 0 Å². The molecule has 146 valence electrons. The maximum absolute atomic E-state index is 6.43. The molecule has 3 aromatic heterocycles. The zero-order chi connectivity index (χ0) is 19.1. The summed E-state index contributed by atoms with van der Waals surface area (Å²) in [5.74, 6) is 0.895. The molecule has 1 saturated carbocycles. The summed E-state index contributed by atoms with van der Waals surface area (Å²) in [6.07, 6.45) is 12.9. The minimum Gasteiger partial charge on any atom is -0.342 e. The SMILES string of the molecule is N[C@@H]1CCCC12CCN(c1ncc(Sc3ccncc3Cl)c3nncn13)CC2. The van der Waals surface area contributed by atoms with Crippen molar-refractivity contribution in [3.05, 3.63) is 36.0 Å². The number of nitrogens with two attached hydrogens (primary N) is 1. The van der Waals surface area contributed by atoms with Crippen LogP contribution in [0.4, 0.5) is 5.95 Å². The molecule has 28 heavy (non-hydrogen) atoms. The minimum atomic E-state index is 0.330. The Morgan fingerprint density at radius 3 is 2.79 bits per heavy atom. The van der Waals surface area contributed by atoms with Gasteiger partial charge in [0.25, 0.3) is 0 Å². The molecule has 0 radical (unpaired) electrons. The standard InChI is InChI=1S/C19H22ClN7S/c20-13-10-22-7-3-14(13)28-15-11-23-18(27-12-24-25-17(15)27)26-8-5-19(6-9-26)4-1-2-16(19)21/h3,7,10-12,16H,1-2,4-6,8-9,21H2/t16-/m1/s1. The molecule has 0 bridgehead atoms. The van der Waals surface area contributed by atoms with E-state index < -0.39 is 0 Å². The molecule has 1 atom stereocenters. The molecule has 1 spiro atoms. The second kappa shape index (κ2) is 7.17. The molecule has 0 unspecified atom stereocenters. The van der Waals surface area contributed by atoms with Crippen molar-refractivity contribution in [3.8, 4) is 0 Å². The molecule has 1 aliphatic carbocycles. The Hall–Kier alpha value is -1.90. The fraction of sp³-hybridized carbons (Fsp3) is 0.474. The van der Waals surface area contributed by atoms with Crippen LogP contribution in [0.1, 0.15) is 32.1 Å². The van der Waals surface area contributed by atoms with Crippen LogP contribution >= 0.6 is 23.4 Å². The van der Waals surface area contributed by atoms with Gasteiger partial charge in [0, 0.05) is 42.6 Å². The van der Waals surface area contributed by atoms with Gasteiger partial charge in [-0.3, -0.25) is 4.98 Å². The molecule has 2 N–H and O–H groups in total. The Morgan fingerprint density at radius 2 is 2.04 bits per heavy atom. The second-order valence-electron chi connectivity index (χ2n) is 7.70. The number of hydrogen-bond donors (Lipinski definition) is 1. The average Bonchev–Trinajstić information content (AvgIpc) is 3.33. The summed E-state index contributed by atoms with van der Waals surface area (Å²) in [5, 5.41) is 9.08. The van der Waals surface area contributed by atoms with Crippen LogP contribution in [0.15, 0.2) is 40.8 Å². The third-order valence-electron chi connectivity index (χ3n) is 6.25. The summed E-state index contributed by atoms with van der Waals surface area (Å²) in [7, 11) is 0. The third kappa shape index (κ3) is 3.03. The van der Waals surface area contributed by atoms with E-state index in [0.717, 1.165) is 53.7 Å². The minimum absolute atomic E-state index is 0.330. The lowest BCUT2D eigenvalue weighted by molar-refractivity contribution is 0.197. The molecule has 7 nitrogen and oxygen atoms in total. The van der Waals surface area contributed by atoms with E-state index in [1.165, 1.54) is 24.6 Å². The van der Waals surface area contributed by atoms with Crippen molar-refractivity contribution in [3.63, 3.8) is 0 Å². The molecule has 0 amide bonds. The lowest BCUT2D eigenvalue weighted by Gasteiger charge is -2.42. The van der Waals surface area contributed by atoms with Crippen molar-refractivity contribution in [1.82, 2.24) is 24.6 Å². The van der Waals surface area contributed by atoms with Crippen LogP contribution in [0.25, 0.3) is 5.65 Å². The molecule has 3 aromatic rings. The van der Waals surface area contributed by atoms with E-state index >= 15 is 0 Å². The molecular formula is C19H22ClN7S. The predicted molar refractivity (Wildman–Crippen MR) is 110 cm³/mol. The van der Waals surface area contributed by atoms with Crippen molar-refractivity contribution in [2.45, 2.75) is 47.9 Å². The first-order chi connectivity index (χ1) is 13.7. The van der Waals surface area contributed by atoms with E-state index in [1.54, 1.807) is 18.7 Å². The molecule has 5 rings (SSSR count). The number of anilines is 1. The van der Waals surface area contributed by atoms with Gasteiger partial charge in [-0.05, 0) is 37.2 Å². The highest BCUT2D eigenvalue weighted by Gasteiger charge is 2.43. The number of hydrogen-bond acceptors (Lipinski definition) is 7. The number of nitrogens with zero attached hydrogens (tertiary/aromatic N) is 6. The maximum atomic E-state index is 6.43. The quantitative estimate of drug-likeness (QED) is 0.701. The maximum Gasteiger partial charge on any atom is 0.212 e. The van der Waals surface area contributed by atoms with Crippen molar-refractivity contribution in [1.29, 1.82) is 0 Å². The van der Waals surface area contributed by atoms with Gasteiger partial charge in [0.1, 0.15) is 6.33 Å². The van der Waals surface area contributed by atoms with E-state index in [0.29, 0.717) is 16.5 Å². The first kappa shape index (κ1) is 18.1. The Kier molecular flexibility index (Phi) is 4.65. The fourth-order valence-corrected chi connectivity index (χ4v) is 5.68. The van der Waals surface area contributed by atoms with E-state index in [-0.39, 0.29) is 0 Å². The third-order valence-corrected chi connectivity index (χ3v) is 7.75.